The highest BCUT2D eigenvalue weighted by molar-refractivity contribution is 5.69. The quantitative estimate of drug-likeness (QED) is 0.515. The van der Waals surface area contributed by atoms with Crippen molar-refractivity contribution in [2.24, 2.45) is 5.92 Å². The molecule has 6 heteroatoms. The van der Waals surface area contributed by atoms with Crippen molar-refractivity contribution in [1.82, 2.24) is 5.32 Å². The fourth-order valence-corrected chi connectivity index (χ4v) is 3.35. The van der Waals surface area contributed by atoms with Gasteiger partial charge in [0.2, 0.25) is 0 Å². The molecule has 26 heavy (non-hydrogen) atoms. The van der Waals surface area contributed by atoms with Gasteiger partial charge in [-0.2, -0.15) is 0 Å². The van der Waals surface area contributed by atoms with Gasteiger partial charge in [-0.15, -0.1) is 0 Å². The highest BCUT2D eigenvalue weighted by Gasteiger charge is 2.28. The first-order valence-corrected chi connectivity index (χ1v) is 9.46. The van der Waals surface area contributed by atoms with Crippen LogP contribution in [0.25, 0.3) is 0 Å². The summed E-state index contributed by atoms with van der Waals surface area (Å²) in [5.41, 5.74) is 1.20. The maximum absolute atomic E-state index is 11.8. The van der Waals surface area contributed by atoms with Gasteiger partial charge < -0.3 is 19.9 Å². The second kappa shape index (κ2) is 10.7. The molecule has 0 aliphatic heterocycles. The van der Waals surface area contributed by atoms with Crippen molar-refractivity contribution in [3.05, 3.63) is 29.8 Å². The number of hydrogen-bond donors (Lipinski definition) is 2. The van der Waals surface area contributed by atoms with E-state index in [1.807, 2.05) is 31.2 Å². The molecule has 0 saturated heterocycles. The monoisotopic (exact) mass is 363 g/mol. The van der Waals surface area contributed by atoms with Gasteiger partial charge in [0.15, 0.2) is 0 Å². The van der Waals surface area contributed by atoms with Crippen molar-refractivity contribution in [1.29, 1.82) is 0 Å². The van der Waals surface area contributed by atoms with E-state index in [-0.39, 0.29) is 18.6 Å². The lowest BCUT2D eigenvalue weighted by molar-refractivity contribution is -0.153. The fourth-order valence-electron chi connectivity index (χ4n) is 3.35. The molecule has 2 N–H and O–H groups in total. The molecule has 2 rings (SSSR count). The second-order valence-electron chi connectivity index (χ2n) is 6.75. The number of carbonyl (C=O) groups is 2. The van der Waals surface area contributed by atoms with Gasteiger partial charge in [0, 0.05) is 6.42 Å². The lowest BCUT2D eigenvalue weighted by atomic mass is 9.82. The van der Waals surface area contributed by atoms with Gasteiger partial charge in [0.1, 0.15) is 18.5 Å². The summed E-state index contributed by atoms with van der Waals surface area (Å²) < 4.78 is 11.2. The third-order valence-electron chi connectivity index (χ3n) is 4.64. The number of nitrogens with one attached hydrogen (secondary N) is 1. The molecule has 1 aliphatic rings. The number of carbonyl (C=O) groups excluding carboxylic acids is 1. The van der Waals surface area contributed by atoms with Crippen LogP contribution in [0.2, 0.25) is 0 Å². The first-order chi connectivity index (χ1) is 12.6. The van der Waals surface area contributed by atoms with E-state index in [4.69, 9.17) is 14.6 Å². The number of benzene rings is 1. The summed E-state index contributed by atoms with van der Waals surface area (Å²) in [6.45, 7) is 2.54. The first-order valence-electron chi connectivity index (χ1n) is 9.46. The van der Waals surface area contributed by atoms with Gasteiger partial charge in [0.05, 0.1) is 6.54 Å². The average molecular weight is 363 g/mol. The van der Waals surface area contributed by atoms with Crippen molar-refractivity contribution in [3.8, 4) is 5.75 Å². The molecule has 6 nitrogen and oxygen atoms in total. The molecule has 0 spiro atoms. The number of amides is 1. The second-order valence-corrected chi connectivity index (χ2v) is 6.75. The van der Waals surface area contributed by atoms with Crippen LogP contribution in [0.4, 0.5) is 4.79 Å². The van der Waals surface area contributed by atoms with Crippen LogP contribution in [-0.2, 0) is 16.0 Å². The van der Waals surface area contributed by atoms with Gasteiger partial charge in [-0.25, -0.2) is 4.79 Å². The Morgan fingerprint density at radius 1 is 1.19 bits per heavy atom. The molecule has 0 unspecified atom stereocenters. The normalized spacial score (nSPS) is 19.6. The zero-order valence-corrected chi connectivity index (χ0v) is 15.4. The molecule has 1 aromatic carbocycles. The summed E-state index contributed by atoms with van der Waals surface area (Å²) in [5, 5.41) is 10.8. The van der Waals surface area contributed by atoms with Crippen molar-refractivity contribution in [3.63, 3.8) is 0 Å². The van der Waals surface area contributed by atoms with E-state index in [9.17, 15) is 9.59 Å². The minimum absolute atomic E-state index is 0.0285. The number of ether oxygens (including phenoxy) is 2. The number of hydrogen-bond acceptors (Lipinski definition) is 4. The lowest BCUT2D eigenvalue weighted by Crippen LogP contribution is -2.31. The maximum Gasteiger partial charge on any atom is 0.404 e. The van der Waals surface area contributed by atoms with E-state index in [2.05, 4.69) is 5.32 Å². The van der Waals surface area contributed by atoms with E-state index in [0.717, 1.165) is 37.9 Å². The summed E-state index contributed by atoms with van der Waals surface area (Å²) in [6.07, 6.45) is 5.53. The van der Waals surface area contributed by atoms with Crippen molar-refractivity contribution in [2.75, 3.05) is 13.2 Å². The van der Waals surface area contributed by atoms with Crippen molar-refractivity contribution >= 4 is 12.1 Å². The molecule has 0 aromatic heterocycles. The van der Waals surface area contributed by atoms with Gasteiger partial charge in [-0.1, -0.05) is 25.5 Å². The Labute approximate surface area is 154 Å². The Morgan fingerprint density at radius 2 is 1.92 bits per heavy atom. The average Bonchev–Trinajstić information content (AvgIpc) is 2.62. The third kappa shape index (κ3) is 6.94. The van der Waals surface area contributed by atoms with Crippen LogP contribution in [0, 0.1) is 5.92 Å². The smallest absolute Gasteiger partial charge is 0.404 e. The number of rotatable bonds is 9. The van der Waals surface area contributed by atoms with Crippen LogP contribution < -0.4 is 10.1 Å². The molecule has 144 valence electrons. The van der Waals surface area contributed by atoms with E-state index in [0.29, 0.717) is 18.9 Å². The highest BCUT2D eigenvalue weighted by Crippen LogP contribution is 2.30. The minimum atomic E-state index is -1.05. The molecular weight excluding hydrogens is 334 g/mol. The van der Waals surface area contributed by atoms with Crippen LogP contribution in [-0.4, -0.2) is 36.4 Å². The van der Waals surface area contributed by atoms with Crippen LogP contribution >= 0.6 is 0 Å². The summed E-state index contributed by atoms with van der Waals surface area (Å²) in [4.78, 5) is 22.2. The Bertz CT molecular complexity index is 572. The Morgan fingerprint density at radius 3 is 2.62 bits per heavy atom. The van der Waals surface area contributed by atoms with Crippen molar-refractivity contribution in [2.45, 2.75) is 58.0 Å². The SMILES string of the molecule is CCCC(=O)O[C@H]1CCCC[C@H]1Cc1ccc(OCCNC(=O)O)cc1. The van der Waals surface area contributed by atoms with Crippen LogP contribution in [0.5, 0.6) is 5.75 Å². The largest absolute Gasteiger partial charge is 0.492 e. The lowest BCUT2D eigenvalue weighted by Gasteiger charge is -2.31. The molecule has 0 radical (unpaired) electrons. The summed E-state index contributed by atoms with van der Waals surface area (Å²) >= 11 is 0. The number of esters is 1. The fraction of sp³-hybridized carbons (Fsp3) is 0.600. The zero-order valence-electron chi connectivity index (χ0n) is 15.4. The molecule has 0 heterocycles. The van der Waals surface area contributed by atoms with Crippen LogP contribution in [0.1, 0.15) is 51.0 Å². The standard InChI is InChI=1S/C20H29NO5/c1-2-5-19(22)26-18-7-4-3-6-16(18)14-15-8-10-17(11-9-15)25-13-12-21-20(23)24/h8-11,16,18,21H,2-7,12-14H2,1H3,(H,23,24)/t16-,18-/m0/s1. The Kier molecular flexibility index (Phi) is 8.25. The van der Waals surface area contributed by atoms with Crippen molar-refractivity contribution < 1.29 is 24.2 Å². The van der Waals surface area contributed by atoms with Gasteiger partial charge in [-0.05, 0) is 55.7 Å². The summed E-state index contributed by atoms with van der Waals surface area (Å²) in [7, 11) is 0. The molecular formula is C20H29NO5. The van der Waals surface area contributed by atoms with Gasteiger partial charge >= 0.3 is 12.1 Å². The molecule has 0 bridgehead atoms. The molecule has 1 saturated carbocycles. The summed E-state index contributed by atoms with van der Waals surface area (Å²) in [6, 6.07) is 7.85. The predicted octanol–water partition coefficient (Wildman–Crippen LogP) is 3.78. The van der Waals surface area contributed by atoms with Gasteiger partial charge in [0.25, 0.3) is 0 Å². The Balaban J connectivity index is 1.83. The maximum atomic E-state index is 11.8. The first kappa shape index (κ1) is 20.1. The molecule has 1 fully saturated rings. The van der Waals surface area contributed by atoms with E-state index in [1.165, 1.54) is 12.0 Å². The topological polar surface area (TPSA) is 84.9 Å². The zero-order chi connectivity index (χ0) is 18.8. The Hall–Kier alpha value is -2.24. The van der Waals surface area contributed by atoms with Crippen LogP contribution in [0.3, 0.4) is 0 Å². The third-order valence-corrected chi connectivity index (χ3v) is 4.64. The highest BCUT2D eigenvalue weighted by atomic mass is 16.5. The predicted molar refractivity (Wildman–Crippen MR) is 98.4 cm³/mol. The summed E-state index contributed by atoms with van der Waals surface area (Å²) in [5.74, 6) is 1.01. The van der Waals surface area contributed by atoms with E-state index in [1.54, 1.807) is 0 Å². The van der Waals surface area contributed by atoms with E-state index >= 15 is 0 Å². The van der Waals surface area contributed by atoms with Crippen LogP contribution in [0.15, 0.2) is 24.3 Å². The molecule has 1 aliphatic carbocycles. The van der Waals surface area contributed by atoms with Gasteiger partial charge in [-0.3, -0.25) is 4.79 Å². The minimum Gasteiger partial charge on any atom is -0.492 e. The van der Waals surface area contributed by atoms with E-state index < -0.39 is 6.09 Å². The number of carboxylic acid groups (broad SMARTS) is 1. The molecule has 2 atom stereocenters. The molecule has 1 amide bonds. The molecule has 1 aromatic rings.